The second-order valence-corrected chi connectivity index (χ2v) is 4.49. The summed E-state index contributed by atoms with van der Waals surface area (Å²) in [7, 11) is 0. The highest BCUT2D eigenvalue weighted by atomic mass is 32.1. The number of aromatic nitrogens is 5. The van der Waals surface area contributed by atoms with Crippen molar-refractivity contribution in [3.05, 3.63) is 47.7 Å². The van der Waals surface area contributed by atoms with Gasteiger partial charge in [0.25, 0.3) is 5.91 Å². The van der Waals surface area contributed by atoms with Crippen LogP contribution in [0.15, 0.2) is 42.2 Å². The summed E-state index contributed by atoms with van der Waals surface area (Å²) in [6, 6.07) is 7.01. The Morgan fingerprint density at radius 1 is 1.37 bits per heavy atom. The second-order valence-electron chi connectivity index (χ2n) is 3.60. The molecular formula is C11H8N6OS. The molecule has 1 amide bonds. The molecule has 3 rings (SSSR count). The van der Waals surface area contributed by atoms with Gasteiger partial charge < -0.3 is 0 Å². The smallest absolute Gasteiger partial charge is 0.257 e. The van der Waals surface area contributed by atoms with Gasteiger partial charge in [0.15, 0.2) is 5.13 Å². The van der Waals surface area contributed by atoms with Crippen molar-refractivity contribution >= 4 is 22.4 Å². The van der Waals surface area contributed by atoms with Crippen LogP contribution in [-0.2, 0) is 0 Å². The van der Waals surface area contributed by atoms with Crippen LogP contribution >= 0.6 is 11.3 Å². The molecule has 7 nitrogen and oxygen atoms in total. The minimum Gasteiger partial charge on any atom is -0.298 e. The molecule has 1 N–H and O–H groups in total. The Morgan fingerprint density at radius 2 is 2.32 bits per heavy atom. The topological polar surface area (TPSA) is 85.6 Å². The number of tetrazole rings is 1. The maximum atomic E-state index is 12.0. The van der Waals surface area contributed by atoms with Crippen molar-refractivity contribution in [2.45, 2.75) is 0 Å². The molecule has 3 aromatic rings. The van der Waals surface area contributed by atoms with Gasteiger partial charge in [0.2, 0.25) is 0 Å². The average molecular weight is 272 g/mol. The van der Waals surface area contributed by atoms with Crippen LogP contribution in [0.4, 0.5) is 5.13 Å². The number of thiazole rings is 1. The number of nitrogens with one attached hydrogen (secondary N) is 1. The Labute approximate surface area is 111 Å². The van der Waals surface area contributed by atoms with E-state index in [9.17, 15) is 4.79 Å². The highest BCUT2D eigenvalue weighted by molar-refractivity contribution is 7.13. The molecule has 0 aliphatic rings. The first kappa shape index (κ1) is 11.5. The van der Waals surface area contributed by atoms with E-state index in [-0.39, 0.29) is 5.91 Å². The fraction of sp³-hybridized carbons (Fsp3) is 0. The number of amides is 1. The summed E-state index contributed by atoms with van der Waals surface area (Å²) in [6.45, 7) is 0. The van der Waals surface area contributed by atoms with E-state index in [1.54, 1.807) is 29.8 Å². The number of benzene rings is 1. The van der Waals surface area contributed by atoms with Gasteiger partial charge in [-0.05, 0) is 28.6 Å². The lowest BCUT2D eigenvalue weighted by molar-refractivity contribution is 0.102. The van der Waals surface area contributed by atoms with Crippen molar-refractivity contribution in [3.63, 3.8) is 0 Å². The van der Waals surface area contributed by atoms with Gasteiger partial charge in [0.1, 0.15) is 6.33 Å². The summed E-state index contributed by atoms with van der Waals surface area (Å²) >= 11 is 1.37. The van der Waals surface area contributed by atoms with E-state index in [1.807, 2.05) is 6.07 Å². The van der Waals surface area contributed by atoms with Crippen molar-refractivity contribution in [3.8, 4) is 5.69 Å². The molecule has 0 spiro atoms. The molecule has 2 aromatic heterocycles. The lowest BCUT2D eigenvalue weighted by Crippen LogP contribution is -2.12. The molecule has 0 radical (unpaired) electrons. The van der Waals surface area contributed by atoms with Crippen molar-refractivity contribution in [2.75, 3.05) is 5.32 Å². The third-order valence-electron chi connectivity index (χ3n) is 2.37. The van der Waals surface area contributed by atoms with Crippen molar-refractivity contribution in [1.29, 1.82) is 0 Å². The fourth-order valence-corrected chi connectivity index (χ4v) is 2.05. The van der Waals surface area contributed by atoms with Crippen LogP contribution < -0.4 is 5.32 Å². The summed E-state index contributed by atoms with van der Waals surface area (Å²) in [4.78, 5) is 16.0. The third-order valence-corrected chi connectivity index (χ3v) is 3.06. The zero-order valence-corrected chi connectivity index (χ0v) is 10.4. The highest BCUT2D eigenvalue weighted by Crippen LogP contribution is 2.14. The van der Waals surface area contributed by atoms with Gasteiger partial charge in [-0.2, -0.15) is 0 Å². The molecule has 8 heteroatoms. The summed E-state index contributed by atoms with van der Waals surface area (Å²) in [5, 5.41) is 16.0. The van der Waals surface area contributed by atoms with Gasteiger partial charge in [-0.3, -0.25) is 10.1 Å². The summed E-state index contributed by atoms with van der Waals surface area (Å²) in [6.07, 6.45) is 3.11. The van der Waals surface area contributed by atoms with Crippen LogP contribution in [0.2, 0.25) is 0 Å². The van der Waals surface area contributed by atoms with Crippen LogP contribution in [0, 0.1) is 0 Å². The van der Waals surface area contributed by atoms with Crippen LogP contribution in [0.25, 0.3) is 5.69 Å². The predicted octanol–water partition coefficient (Wildman–Crippen LogP) is 1.37. The van der Waals surface area contributed by atoms with Crippen molar-refractivity contribution in [2.24, 2.45) is 0 Å². The number of nitrogens with zero attached hydrogens (tertiary/aromatic N) is 5. The Hall–Kier alpha value is -2.61. The minimum absolute atomic E-state index is 0.218. The number of anilines is 1. The quantitative estimate of drug-likeness (QED) is 0.778. The molecule has 0 atom stereocenters. The van der Waals surface area contributed by atoms with Gasteiger partial charge in [0.05, 0.1) is 5.69 Å². The number of carbonyl (C=O) groups is 1. The SMILES string of the molecule is O=C(Nc1nccs1)c1cccc(-n2cnnn2)c1. The zero-order valence-electron chi connectivity index (χ0n) is 9.59. The number of rotatable bonds is 3. The van der Waals surface area contributed by atoms with Crippen LogP contribution in [-0.4, -0.2) is 31.1 Å². The van der Waals surface area contributed by atoms with Crippen LogP contribution in [0.5, 0.6) is 0 Å². The van der Waals surface area contributed by atoms with Gasteiger partial charge in [-0.25, -0.2) is 9.67 Å². The molecular weight excluding hydrogens is 264 g/mol. The van der Waals surface area contributed by atoms with Gasteiger partial charge in [0, 0.05) is 17.1 Å². The molecule has 0 saturated heterocycles. The molecule has 1 aromatic carbocycles. The molecule has 0 fully saturated rings. The van der Waals surface area contributed by atoms with Crippen molar-refractivity contribution < 1.29 is 4.79 Å². The highest BCUT2D eigenvalue weighted by Gasteiger charge is 2.09. The van der Waals surface area contributed by atoms with E-state index in [2.05, 4.69) is 25.8 Å². The fourth-order valence-electron chi connectivity index (χ4n) is 1.52. The monoisotopic (exact) mass is 272 g/mol. The first-order chi connectivity index (χ1) is 9.33. The summed E-state index contributed by atoms with van der Waals surface area (Å²) in [5.74, 6) is -0.218. The Kier molecular flexibility index (Phi) is 2.99. The van der Waals surface area contributed by atoms with Gasteiger partial charge >= 0.3 is 0 Å². The molecule has 0 unspecified atom stereocenters. The average Bonchev–Trinajstić information content (AvgIpc) is 3.12. The Morgan fingerprint density at radius 3 is 3.05 bits per heavy atom. The first-order valence-electron chi connectivity index (χ1n) is 5.37. The van der Waals surface area contributed by atoms with E-state index in [1.165, 1.54) is 22.3 Å². The molecule has 19 heavy (non-hydrogen) atoms. The van der Waals surface area contributed by atoms with E-state index in [4.69, 9.17) is 0 Å². The third kappa shape index (κ3) is 2.47. The van der Waals surface area contributed by atoms with E-state index >= 15 is 0 Å². The van der Waals surface area contributed by atoms with Crippen LogP contribution in [0.1, 0.15) is 10.4 Å². The zero-order chi connectivity index (χ0) is 13.1. The Balaban J connectivity index is 1.85. The number of hydrogen-bond acceptors (Lipinski definition) is 6. The molecule has 0 saturated carbocycles. The van der Waals surface area contributed by atoms with E-state index in [0.717, 1.165) is 5.69 Å². The maximum Gasteiger partial charge on any atom is 0.257 e. The molecule has 2 heterocycles. The predicted molar refractivity (Wildman–Crippen MR) is 69.2 cm³/mol. The van der Waals surface area contributed by atoms with Gasteiger partial charge in [-0.1, -0.05) is 6.07 Å². The number of hydrogen-bond donors (Lipinski definition) is 1. The normalized spacial score (nSPS) is 10.3. The minimum atomic E-state index is -0.218. The lowest BCUT2D eigenvalue weighted by atomic mass is 10.2. The first-order valence-corrected chi connectivity index (χ1v) is 6.25. The summed E-state index contributed by atoms with van der Waals surface area (Å²) in [5.41, 5.74) is 1.24. The maximum absolute atomic E-state index is 12.0. The second kappa shape index (κ2) is 4.94. The Bertz CT molecular complexity index is 679. The standard InChI is InChI=1S/C11H8N6OS/c18-10(14-11-12-4-5-19-11)8-2-1-3-9(6-8)17-7-13-15-16-17/h1-7H,(H,12,14,18). The molecule has 0 aliphatic heterocycles. The lowest BCUT2D eigenvalue weighted by Gasteiger charge is -2.04. The number of carbonyl (C=O) groups excluding carboxylic acids is 1. The van der Waals surface area contributed by atoms with E-state index in [0.29, 0.717) is 10.7 Å². The van der Waals surface area contributed by atoms with Crippen LogP contribution in [0.3, 0.4) is 0 Å². The van der Waals surface area contributed by atoms with Gasteiger partial charge in [-0.15, -0.1) is 16.4 Å². The summed E-state index contributed by atoms with van der Waals surface area (Å²) < 4.78 is 1.49. The van der Waals surface area contributed by atoms with Crippen molar-refractivity contribution in [1.82, 2.24) is 25.2 Å². The molecule has 0 bridgehead atoms. The largest absolute Gasteiger partial charge is 0.298 e. The molecule has 94 valence electrons. The molecule has 0 aliphatic carbocycles. The van der Waals surface area contributed by atoms with E-state index < -0.39 is 0 Å².